The van der Waals surface area contributed by atoms with Crippen molar-refractivity contribution in [3.05, 3.63) is 90.0 Å². The molecule has 0 unspecified atom stereocenters. The van der Waals surface area contributed by atoms with Crippen molar-refractivity contribution in [2.45, 2.75) is 0 Å². The monoisotopic (exact) mass is 398 g/mol. The minimum atomic E-state index is -0.939. The predicted octanol–water partition coefficient (Wildman–Crippen LogP) is 3.50. The largest absolute Gasteiger partial charge is 0.327 e. The number of hydrogen-bond acceptors (Lipinski definition) is 3. The van der Waals surface area contributed by atoms with Crippen molar-refractivity contribution in [3.63, 3.8) is 0 Å². The lowest BCUT2D eigenvalue weighted by atomic mass is 10.1. The molecule has 3 rings (SSSR count). The topological polar surface area (TPSA) is 75.2 Å². The summed E-state index contributed by atoms with van der Waals surface area (Å²) in [5.74, 6) is -2.50. The maximum Gasteiger partial charge on any atom is 0.327 e. The van der Waals surface area contributed by atoms with Crippen molar-refractivity contribution < 1.29 is 14.0 Å². The molecule has 0 aliphatic rings. The van der Waals surface area contributed by atoms with Crippen LogP contribution in [-0.4, -0.2) is 16.4 Å². The van der Waals surface area contributed by atoms with E-state index in [1.54, 1.807) is 0 Å². The normalized spacial score (nSPS) is 10.2. The second kappa shape index (κ2) is 8.41. The Labute approximate surface area is 165 Å². The van der Waals surface area contributed by atoms with Crippen LogP contribution in [0.1, 0.15) is 5.56 Å². The standard InChI is InChI=1S/C20H16ClFN4O2/c1-13(14-4-7-16(8-5-14)26-10-2-3-11-26)24-25-20(28)19(27)23-15-6-9-18(22)17(21)12-15/h2-12,24H,1H2,(H,23,27)(H,25,28). The molecule has 0 aliphatic heterocycles. The molecular formula is C20H16ClFN4O2. The number of anilines is 1. The number of halogens is 2. The molecular weight excluding hydrogens is 383 g/mol. The third-order valence-corrected chi connectivity index (χ3v) is 4.12. The number of carbonyl (C=O) groups is 2. The van der Waals surface area contributed by atoms with Crippen LogP contribution in [0.4, 0.5) is 10.1 Å². The molecule has 0 saturated heterocycles. The molecule has 28 heavy (non-hydrogen) atoms. The lowest BCUT2D eigenvalue weighted by Gasteiger charge is -2.12. The minimum absolute atomic E-state index is 0.159. The lowest BCUT2D eigenvalue weighted by Crippen LogP contribution is -2.42. The van der Waals surface area contributed by atoms with E-state index in [2.05, 4.69) is 22.7 Å². The molecule has 1 heterocycles. The molecule has 1 aromatic heterocycles. The minimum Gasteiger partial charge on any atom is -0.324 e. The van der Waals surface area contributed by atoms with Gasteiger partial charge in [0.2, 0.25) is 0 Å². The highest BCUT2D eigenvalue weighted by molar-refractivity contribution is 6.39. The molecule has 0 bridgehead atoms. The zero-order valence-electron chi connectivity index (χ0n) is 14.6. The molecule has 3 aromatic rings. The van der Waals surface area contributed by atoms with E-state index >= 15 is 0 Å². The van der Waals surface area contributed by atoms with E-state index in [-0.39, 0.29) is 10.7 Å². The average Bonchev–Trinajstić information content (AvgIpc) is 3.23. The first-order valence-corrected chi connectivity index (χ1v) is 8.57. The molecule has 8 heteroatoms. The first-order valence-electron chi connectivity index (χ1n) is 8.19. The maximum atomic E-state index is 13.1. The highest BCUT2D eigenvalue weighted by Gasteiger charge is 2.14. The fourth-order valence-electron chi connectivity index (χ4n) is 2.36. The molecule has 3 N–H and O–H groups in total. The molecule has 0 aliphatic carbocycles. The van der Waals surface area contributed by atoms with Crippen molar-refractivity contribution in [1.29, 1.82) is 0 Å². The fourth-order valence-corrected chi connectivity index (χ4v) is 2.54. The summed E-state index contributed by atoms with van der Waals surface area (Å²) in [7, 11) is 0. The Hall–Kier alpha value is -3.58. The van der Waals surface area contributed by atoms with Gasteiger partial charge in [0.1, 0.15) is 5.82 Å². The van der Waals surface area contributed by atoms with E-state index in [1.165, 1.54) is 12.1 Å². The van der Waals surface area contributed by atoms with Gasteiger partial charge in [-0.25, -0.2) is 4.39 Å². The predicted molar refractivity (Wildman–Crippen MR) is 106 cm³/mol. The van der Waals surface area contributed by atoms with E-state index in [4.69, 9.17) is 11.6 Å². The summed E-state index contributed by atoms with van der Waals surface area (Å²) in [6.07, 6.45) is 3.85. The second-order valence-electron chi connectivity index (χ2n) is 5.78. The Morgan fingerprint density at radius 3 is 2.29 bits per heavy atom. The summed E-state index contributed by atoms with van der Waals surface area (Å²) in [6.45, 7) is 3.83. The van der Waals surface area contributed by atoms with Crippen molar-refractivity contribution in [2.24, 2.45) is 0 Å². The van der Waals surface area contributed by atoms with Crippen LogP contribution in [0.3, 0.4) is 0 Å². The summed E-state index contributed by atoms with van der Waals surface area (Å²) in [5, 5.41) is 2.16. The summed E-state index contributed by atoms with van der Waals surface area (Å²) in [6, 6.07) is 14.9. The summed E-state index contributed by atoms with van der Waals surface area (Å²) in [4.78, 5) is 23.8. The van der Waals surface area contributed by atoms with E-state index in [1.807, 2.05) is 53.4 Å². The molecule has 0 fully saturated rings. The zero-order valence-corrected chi connectivity index (χ0v) is 15.3. The molecule has 0 radical (unpaired) electrons. The number of aromatic nitrogens is 1. The van der Waals surface area contributed by atoms with Gasteiger partial charge >= 0.3 is 11.8 Å². The number of amides is 2. The van der Waals surface area contributed by atoms with Crippen molar-refractivity contribution in [2.75, 3.05) is 5.32 Å². The molecule has 2 aromatic carbocycles. The first kappa shape index (κ1) is 19.2. The van der Waals surface area contributed by atoms with E-state index in [0.717, 1.165) is 17.3 Å². The fraction of sp³-hybridized carbons (Fsp3) is 0. The number of benzene rings is 2. The number of hydrazine groups is 1. The van der Waals surface area contributed by atoms with Crippen LogP contribution in [0.2, 0.25) is 5.02 Å². The van der Waals surface area contributed by atoms with Gasteiger partial charge < -0.3 is 9.88 Å². The SMILES string of the molecule is C=C(NNC(=O)C(=O)Nc1ccc(F)c(Cl)c1)c1ccc(-n2cccc2)cc1. The number of nitrogens with one attached hydrogen (secondary N) is 3. The average molecular weight is 399 g/mol. The Kier molecular flexibility index (Phi) is 5.76. The van der Waals surface area contributed by atoms with E-state index in [9.17, 15) is 14.0 Å². The Morgan fingerprint density at radius 2 is 1.64 bits per heavy atom. The highest BCUT2D eigenvalue weighted by Crippen LogP contribution is 2.19. The molecule has 2 amide bonds. The first-order chi connectivity index (χ1) is 13.4. The van der Waals surface area contributed by atoms with Crippen LogP contribution in [-0.2, 0) is 9.59 Å². The second-order valence-corrected chi connectivity index (χ2v) is 6.19. The molecule has 0 saturated carbocycles. The number of carbonyl (C=O) groups excluding carboxylic acids is 2. The van der Waals surface area contributed by atoms with E-state index < -0.39 is 17.6 Å². The molecule has 142 valence electrons. The van der Waals surface area contributed by atoms with Crippen LogP contribution >= 0.6 is 11.6 Å². The smallest absolute Gasteiger partial charge is 0.324 e. The van der Waals surface area contributed by atoms with Gasteiger partial charge in [0.25, 0.3) is 0 Å². The Morgan fingerprint density at radius 1 is 0.964 bits per heavy atom. The quantitative estimate of drug-likeness (QED) is 0.455. The van der Waals surface area contributed by atoms with Gasteiger partial charge in [-0.2, -0.15) is 0 Å². The summed E-state index contributed by atoms with van der Waals surface area (Å²) in [5.41, 5.74) is 7.17. The number of nitrogens with zero attached hydrogens (tertiary/aromatic N) is 1. The third-order valence-electron chi connectivity index (χ3n) is 3.83. The molecule has 0 spiro atoms. The zero-order chi connectivity index (χ0) is 20.1. The molecule has 6 nitrogen and oxygen atoms in total. The summed E-state index contributed by atoms with van der Waals surface area (Å²) >= 11 is 5.64. The van der Waals surface area contributed by atoms with Crippen molar-refractivity contribution in [3.8, 4) is 5.69 Å². The van der Waals surface area contributed by atoms with Crippen LogP contribution < -0.4 is 16.2 Å². The Bertz CT molecular complexity index is 1020. The van der Waals surface area contributed by atoms with Crippen LogP contribution in [0.5, 0.6) is 0 Å². The number of hydrogen-bond donors (Lipinski definition) is 3. The van der Waals surface area contributed by atoms with Gasteiger partial charge in [-0.3, -0.25) is 20.4 Å². The molecule has 0 atom stereocenters. The van der Waals surface area contributed by atoms with Gasteiger partial charge in [0.15, 0.2) is 0 Å². The third kappa shape index (κ3) is 4.57. The van der Waals surface area contributed by atoms with Gasteiger partial charge in [-0.15, -0.1) is 0 Å². The summed E-state index contributed by atoms with van der Waals surface area (Å²) < 4.78 is 15.1. The van der Waals surface area contributed by atoms with Gasteiger partial charge in [0.05, 0.1) is 10.7 Å². The number of rotatable bonds is 5. The highest BCUT2D eigenvalue weighted by atomic mass is 35.5. The van der Waals surface area contributed by atoms with Gasteiger partial charge in [0, 0.05) is 23.8 Å². The van der Waals surface area contributed by atoms with Crippen molar-refractivity contribution in [1.82, 2.24) is 15.4 Å². The van der Waals surface area contributed by atoms with Crippen LogP contribution in [0.15, 0.2) is 73.6 Å². The van der Waals surface area contributed by atoms with E-state index in [0.29, 0.717) is 5.70 Å². The van der Waals surface area contributed by atoms with Crippen LogP contribution in [0.25, 0.3) is 11.4 Å². The lowest BCUT2D eigenvalue weighted by molar-refractivity contribution is -0.136. The van der Waals surface area contributed by atoms with Gasteiger partial charge in [-0.1, -0.05) is 30.3 Å². The van der Waals surface area contributed by atoms with Crippen LogP contribution in [0, 0.1) is 5.82 Å². The maximum absolute atomic E-state index is 13.1. The Balaban J connectivity index is 1.54. The van der Waals surface area contributed by atoms with Gasteiger partial charge in [-0.05, 0) is 48.0 Å². The van der Waals surface area contributed by atoms with Crippen molar-refractivity contribution >= 4 is 34.8 Å².